The fourth-order valence-electron chi connectivity index (χ4n) is 1.77. The molecule has 82 valence electrons. The van der Waals surface area contributed by atoms with Crippen molar-refractivity contribution in [3.63, 3.8) is 0 Å². The monoisotopic (exact) mass is 216 g/mol. The van der Waals surface area contributed by atoms with Crippen LogP contribution in [0.5, 0.6) is 0 Å². The number of carboxylic acid groups (broad SMARTS) is 1. The summed E-state index contributed by atoms with van der Waals surface area (Å²) < 4.78 is 0. The number of rotatable bonds is 2. The summed E-state index contributed by atoms with van der Waals surface area (Å²) in [6.07, 6.45) is 0. The predicted octanol–water partition coefficient (Wildman–Crippen LogP) is 2.13. The molecule has 3 nitrogen and oxygen atoms in total. The SMILES string of the molecule is CC(O)(C(=O)O)c1cccc2ccccc12. The van der Waals surface area contributed by atoms with E-state index in [0.717, 1.165) is 10.8 Å². The first-order valence-corrected chi connectivity index (χ1v) is 4.97. The maximum atomic E-state index is 11.0. The van der Waals surface area contributed by atoms with Crippen LogP contribution in [0.15, 0.2) is 42.5 Å². The first-order chi connectivity index (χ1) is 7.53. The summed E-state index contributed by atoms with van der Waals surface area (Å²) in [6.45, 7) is 1.29. The molecule has 0 saturated heterocycles. The zero-order chi connectivity index (χ0) is 11.8. The molecular formula is C13H12O3. The van der Waals surface area contributed by atoms with Crippen LogP contribution in [-0.4, -0.2) is 16.2 Å². The largest absolute Gasteiger partial charge is 0.479 e. The lowest BCUT2D eigenvalue weighted by Gasteiger charge is -2.20. The van der Waals surface area contributed by atoms with Gasteiger partial charge in [-0.15, -0.1) is 0 Å². The Morgan fingerprint density at radius 1 is 1.12 bits per heavy atom. The van der Waals surface area contributed by atoms with Crippen molar-refractivity contribution in [3.8, 4) is 0 Å². The number of aliphatic hydroxyl groups is 1. The van der Waals surface area contributed by atoms with E-state index in [4.69, 9.17) is 5.11 Å². The van der Waals surface area contributed by atoms with Crippen molar-refractivity contribution in [2.24, 2.45) is 0 Å². The summed E-state index contributed by atoms with van der Waals surface area (Å²) in [5, 5.41) is 20.6. The van der Waals surface area contributed by atoms with Crippen molar-refractivity contribution in [1.29, 1.82) is 0 Å². The zero-order valence-corrected chi connectivity index (χ0v) is 8.84. The third-order valence-corrected chi connectivity index (χ3v) is 2.73. The molecule has 2 N–H and O–H groups in total. The van der Waals surface area contributed by atoms with E-state index in [1.807, 2.05) is 30.3 Å². The third kappa shape index (κ3) is 1.55. The summed E-state index contributed by atoms with van der Waals surface area (Å²) in [6, 6.07) is 12.7. The smallest absolute Gasteiger partial charge is 0.340 e. The number of carboxylic acids is 1. The quantitative estimate of drug-likeness (QED) is 0.808. The minimum atomic E-state index is -1.86. The topological polar surface area (TPSA) is 57.5 Å². The van der Waals surface area contributed by atoms with Crippen LogP contribution < -0.4 is 0 Å². The molecule has 2 rings (SSSR count). The van der Waals surface area contributed by atoms with Gasteiger partial charge in [0, 0.05) is 5.56 Å². The molecule has 3 heteroatoms. The molecule has 2 aromatic carbocycles. The molecule has 16 heavy (non-hydrogen) atoms. The van der Waals surface area contributed by atoms with E-state index in [1.54, 1.807) is 12.1 Å². The molecule has 0 heterocycles. The van der Waals surface area contributed by atoms with Crippen LogP contribution in [0.2, 0.25) is 0 Å². The predicted molar refractivity (Wildman–Crippen MR) is 61.2 cm³/mol. The Balaban J connectivity index is 2.74. The maximum absolute atomic E-state index is 11.0. The minimum Gasteiger partial charge on any atom is -0.479 e. The second kappa shape index (κ2) is 3.61. The number of hydrogen-bond donors (Lipinski definition) is 2. The second-order valence-corrected chi connectivity index (χ2v) is 3.90. The van der Waals surface area contributed by atoms with Gasteiger partial charge in [0.05, 0.1) is 0 Å². The minimum absolute atomic E-state index is 0.415. The molecule has 0 saturated carbocycles. The number of carbonyl (C=O) groups is 1. The molecule has 1 atom stereocenters. The molecule has 0 aliphatic rings. The van der Waals surface area contributed by atoms with E-state index in [0.29, 0.717) is 5.56 Å². The number of benzene rings is 2. The molecule has 0 bridgehead atoms. The van der Waals surface area contributed by atoms with Gasteiger partial charge in [0.25, 0.3) is 0 Å². The second-order valence-electron chi connectivity index (χ2n) is 3.90. The highest BCUT2D eigenvalue weighted by Gasteiger charge is 2.33. The van der Waals surface area contributed by atoms with Gasteiger partial charge in [-0.3, -0.25) is 0 Å². The van der Waals surface area contributed by atoms with Crippen LogP contribution in [0, 0.1) is 0 Å². The van der Waals surface area contributed by atoms with Gasteiger partial charge in [0.2, 0.25) is 0 Å². The van der Waals surface area contributed by atoms with Gasteiger partial charge in [-0.2, -0.15) is 0 Å². The normalized spacial score (nSPS) is 14.6. The molecule has 1 unspecified atom stereocenters. The summed E-state index contributed by atoms with van der Waals surface area (Å²) in [7, 11) is 0. The van der Waals surface area contributed by atoms with Crippen LogP contribution in [0.1, 0.15) is 12.5 Å². The van der Waals surface area contributed by atoms with E-state index in [-0.39, 0.29) is 0 Å². The standard InChI is InChI=1S/C13H12O3/c1-13(16,12(14)15)11-8-4-6-9-5-2-3-7-10(9)11/h2-8,16H,1H3,(H,14,15). The number of fused-ring (bicyclic) bond motifs is 1. The lowest BCUT2D eigenvalue weighted by atomic mass is 9.91. The highest BCUT2D eigenvalue weighted by molar-refractivity contribution is 5.91. The van der Waals surface area contributed by atoms with Gasteiger partial charge in [-0.05, 0) is 17.7 Å². The van der Waals surface area contributed by atoms with Crippen molar-refractivity contribution < 1.29 is 15.0 Å². The van der Waals surface area contributed by atoms with Crippen LogP contribution in [-0.2, 0) is 10.4 Å². The van der Waals surface area contributed by atoms with Gasteiger partial charge in [-0.1, -0.05) is 42.5 Å². The zero-order valence-electron chi connectivity index (χ0n) is 8.84. The summed E-state index contributed by atoms with van der Waals surface area (Å²) in [5.41, 5.74) is -1.45. The van der Waals surface area contributed by atoms with Gasteiger partial charge >= 0.3 is 5.97 Å². The van der Waals surface area contributed by atoms with Crippen molar-refractivity contribution in [2.75, 3.05) is 0 Å². The van der Waals surface area contributed by atoms with Crippen LogP contribution in [0.25, 0.3) is 10.8 Å². The van der Waals surface area contributed by atoms with E-state index < -0.39 is 11.6 Å². The number of hydrogen-bond acceptors (Lipinski definition) is 2. The van der Waals surface area contributed by atoms with Crippen molar-refractivity contribution in [3.05, 3.63) is 48.0 Å². The molecule has 2 aromatic rings. The highest BCUT2D eigenvalue weighted by Crippen LogP contribution is 2.28. The maximum Gasteiger partial charge on any atom is 0.340 e. The molecule has 0 aliphatic carbocycles. The van der Waals surface area contributed by atoms with E-state index >= 15 is 0 Å². The Labute approximate surface area is 93.0 Å². The lowest BCUT2D eigenvalue weighted by Crippen LogP contribution is -2.31. The Hall–Kier alpha value is -1.87. The van der Waals surface area contributed by atoms with Crippen molar-refractivity contribution >= 4 is 16.7 Å². The fraction of sp³-hybridized carbons (Fsp3) is 0.154. The summed E-state index contributed by atoms with van der Waals surface area (Å²) in [5.74, 6) is -1.25. The van der Waals surface area contributed by atoms with Crippen LogP contribution >= 0.6 is 0 Å². The van der Waals surface area contributed by atoms with Gasteiger partial charge in [-0.25, -0.2) is 4.79 Å². The molecule has 0 spiro atoms. The van der Waals surface area contributed by atoms with Crippen molar-refractivity contribution in [2.45, 2.75) is 12.5 Å². The van der Waals surface area contributed by atoms with Gasteiger partial charge in [0.15, 0.2) is 5.60 Å². The first kappa shape index (κ1) is 10.6. The Morgan fingerprint density at radius 2 is 1.75 bits per heavy atom. The first-order valence-electron chi connectivity index (χ1n) is 4.97. The Bertz CT molecular complexity index is 538. The summed E-state index contributed by atoms with van der Waals surface area (Å²) in [4.78, 5) is 11.0. The van der Waals surface area contributed by atoms with Crippen LogP contribution in [0.4, 0.5) is 0 Å². The molecule has 0 aliphatic heterocycles. The van der Waals surface area contributed by atoms with Crippen molar-refractivity contribution in [1.82, 2.24) is 0 Å². The molecule has 0 amide bonds. The lowest BCUT2D eigenvalue weighted by molar-refractivity contribution is -0.157. The highest BCUT2D eigenvalue weighted by atomic mass is 16.4. The molecular weight excluding hydrogens is 204 g/mol. The van der Waals surface area contributed by atoms with Gasteiger partial charge < -0.3 is 10.2 Å². The average molecular weight is 216 g/mol. The van der Waals surface area contributed by atoms with E-state index in [2.05, 4.69) is 0 Å². The molecule has 0 fully saturated rings. The molecule has 0 aromatic heterocycles. The number of aliphatic carboxylic acids is 1. The van der Waals surface area contributed by atoms with Crippen LogP contribution in [0.3, 0.4) is 0 Å². The average Bonchev–Trinajstić information content (AvgIpc) is 2.28. The van der Waals surface area contributed by atoms with E-state index in [9.17, 15) is 9.90 Å². The third-order valence-electron chi connectivity index (χ3n) is 2.73. The Kier molecular flexibility index (Phi) is 2.40. The fourth-order valence-corrected chi connectivity index (χ4v) is 1.77. The summed E-state index contributed by atoms with van der Waals surface area (Å²) >= 11 is 0. The molecule has 0 radical (unpaired) electrons. The van der Waals surface area contributed by atoms with E-state index in [1.165, 1.54) is 6.92 Å². The Morgan fingerprint density at radius 3 is 2.44 bits per heavy atom. The van der Waals surface area contributed by atoms with Gasteiger partial charge in [0.1, 0.15) is 0 Å².